The van der Waals surface area contributed by atoms with Gasteiger partial charge in [-0.05, 0) is 31.2 Å². The van der Waals surface area contributed by atoms with E-state index in [1.54, 1.807) is 31.2 Å². The molecule has 0 bridgehead atoms. The molecule has 0 aliphatic rings. The second-order valence-corrected chi connectivity index (χ2v) is 8.06. The Balaban J connectivity index is 1.92. The number of rotatable bonds is 8. The molecule has 0 amide bonds. The van der Waals surface area contributed by atoms with Crippen molar-refractivity contribution in [1.82, 2.24) is 14.8 Å². The highest BCUT2D eigenvalue weighted by Crippen LogP contribution is 2.32. The van der Waals surface area contributed by atoms with Crippen LogP contribution in [0.5, 0.6) is 0 Å². The number of benzene rings is 2. The van der Waals surface area contributed by atoms with Gasteiger partial charge in [-0.25, -0.2) is 23.2 Å². The Bertz CT molecular complexity index is 1260. The summed E-state index contributed by atoms with van der Waals surface area (Å²) in [5.41, 5.74) is 2.81. The number of anilines is 3. The van der Waals surface area contributed by atoms with Crippen LogP contribution < -0.4 is 15.6 Å². The molecular formula is C19H18N6O6S. The third-order valence-corrected chi connectivity index (χ3v) is 5.49. The van der Waals surface area contributed by atoms with Crippen molar-refractivity contribution in [3.8, 4) is 0 Å². The van der Waals surface area contributed by atoms with Crippen molar-refractivity contribution in [2.75, 3.05) is 17.9 Å². The second kappa shape index (κ2) is 9.36. The number of nitrogens with zero attached hydrogens (tertiary/aromatic N) is 3. The Hall–Kier alpha value is -4.10. The Morgan fingerprint density at radius 2 is 1.72 bits per heavy atom. The van der Waals surface area contributed by atoms with E-state index in [0.717, 1.165) is 11.9 Å². The van der Waals surface area contributed by atoms with Gasteiger partial charge < -0.3 is 10.1 Å². The lowest BCUT2D eigenvalue weighted by Crippen LogP contribution is -2.30. The number of nitrogens with one attached hydrogen (secondary N) is 3. The van der Waals surface area contributed by atoms with E-state index < -0.39 is 32.4 Å². The van der Waals surface area contributed by atoms with Crippen LogP contribution in [-0.4, -0.2) is 36.4 Å². The van der Waals surface area contributed by atoms with E-state index in [0.29, 0.717) is 0 Å². The summed E-state index contributed by atoms with van der Waals surface area (Å²) in [5, 5.41) is 14.4. The molecule has 0 atom stereocenters. The average molecular weight is 458 g/mol. The molecule has 1 aromatic heterocycles. The van der Waals surface area contributed by atoms with E-state index in [2.05, 4.69) is 25.5 Å². The molecule has 12 nitrogen and oxygen atoms in total. The minimum Gasteiger partial charge on any atom is -0.465 e. The molecule has 0 fully saturated rings. The number of carbonyl (C=O) groups excluding carboxylic acids is 1. The maximum atomic E-state index is 12.5. The number of ether oxygens (including phenoxy) is 1. The lowest BCUT2D eigenvalue weighted by Gasteiger charge is -2.13. The standard InChI is InChI=1S/C19H18N6O6S/c1-12-7-9-13(10-8-12)32(29,30)24-23-18-16(25(27)28)17(20-11-21-18)22-15-6-4-3-5-14(15)19(26)31-2/h3-11,24H,1-2H3,(H2,20,21,22,23). The molecule has 3 aromatic rings. The molecule has 0 aliphatic heterocycles. The Kier molecular flexibility index (Phi) is 6.61. The lowest BCUT2D eigenvalue weighted by atomic mass is 10.2. The molecule has 0 unspecified atom stereocenters. The van der Waals surface area contributed by atoms with E-state index in [9.17, 15) is 23.3 Å². The summed E-state index contributed by atoms with van der Waals surface area (Å²) in [5.74, 6) is -1.33. The van der Waals surface area contributed by atoms with Crippen LogP contribution in [0.1, 0.15) is 15.9 Å². The first-order valence-electron chi connectivity index (χ1n) is 9.01. The van der Waals surface area contributed by atoms with Crippen LogP contribution in [0.4, 0.5) is 23.0 Å². The first-order chi connectivity index (χ1) is 15.2. The van der Waals surface area contributed by atoms with Gasteiger partial charge in [0.1, 0.15) is 6.33 Å². The van der Waals surface area contributed by atoms with E-state index in [-0.39, 0.29) is 22.0 Å². The van der Waals surface area contributed by atoms with Crippen LogP contribution in [0.15, 0.2) is 59.8 Å². The van der Waals surface area contributed by atoms with Crippen molar-refractivity contribution in [1.29, 1.82) is 0 Å². The Morgan fingerprint density at radius 1 is 1.06 bits per heavy atom. The molecular weight excluding hydrogens is 440 g/mol. The molecule has 0 saturated heterocycles. The van der Waals surface area contributed by atoms with Crippen LogP contribution in [-0.2, 0) is 14.8 Å². The molecule has 0 saturated carbocycles. The van der Waals surface area contributed by atoms with Gasteiger partial charge in [0, 0.05) is 0 Å². The average Bonchev–Trinajstić information content (AvgIpc) is 2.77. The molecule has 2 aromatic carbocycles. The highest BCUT2D eigenvalue weighted by Gasteiger charge is 2.26. The van der Waals surface area contributed by atoms with Gasteiger partial charge in [-0.15, -0.1) is 4.83 Å². The van der Waals surface area contributed by atoms with Gasteiger partial charge >= 0.3 is 11.7 Å². The van der Waals surface area contributed by atoms with Crippen molar-refractivity contribution in [3.63, 3.8) is 0 Å². The fraction of sp³-hybridized carbons (Fsp3) is 0.105. The zero-order chi connectivity index (χ0) is 23.3. The number of hydrazine groups is 1. The number of hydrogen-bond acceptors (Lipinski definition) is 10. The predicted molar refractivity (Wildman–Crippen MR) is 115 cm³/mol. The van der Waals surface area contributed by atoms with Crippen molar-refractivity contribution in [2.45, 2.75) is 11.8 Å². The second-order valence-electron chi connectivity index (χ2n) is 6.38. The third kappa shape index (κ3) is 4.96. The zero-order valence-electron chi connectivity index (χ0n) is 16.9. The molecule has 1 heterocycles. The maximum absolute atomic E-state index is 12.5. The number of nitro groups is 1. The van der Waals surface area contributed by atoms with Crippen molar-refractivity contribution in [3.05, 3.63) is 76.1 Å². The molecule has 3 rings (SSSR count). The fourth-order valence-corrected chi connectivity index (χ4v) is 3.48. The molecule has 0 spiro atoms. The number of methoxy groups -OCH3 is 1. The maximum Gasteiger partial charge on any atom is 0.354 e. The first-order valence-corrected chi connectivity index (χ1v) is 10.5. The normalized spacial score (nSPS) is 10.9. The summed E-state index contributed by atoms with van der Waals surface area (Å²) in [6.45, 7) is 1.80. The number of aromatic nitrogens is 2. The molecule has 0 aliphatic carbocycles. The largest absolute Gasteiger partial charge is 0.465 e. The topological polar surface area (TPSA) is 165 Å². The highest BCUT2D eigenvalue weighted by atomic mass is 32.2. The number of aryl methyl sites for hydroxylation is 1. The Labute approximate surface area is 182 Å². The lowest BCUT2D eigenvalue weighted by molar-refractivity contribution is -0.383. The van der Waals surface area contributed by atoms with Crippen LogP contribution in [0.2, 0.25) is 0 Å². The number of sulfonamides is 1. The summed E-state index contributed by atoms with van der Waals surface area (Å²) in [6.07, 6.45) is 0.999. The smallest absolute Gasteiger partial charge is 0.354 e. The van der Waals surface area contributed by atoms with E-state index in [1.165, 1.54) is 31.4 Å². The van der Waals surface area contributed by atoms with Gasteiger partial charge in [-0.1, -0.05) is 29.8 Å². The van der Waals surface area contributed by atoms with Crippen molar-refractivity contribution < 1.29 is 22.9 Å². The number of para-hydroxylation sites is 1. The van der Waals surface area contributed by atoms with Crippen LogP contribution in [0.3, 0.4) is 0 Å². The third-order valence-electron chi connectivity index (χ3n) is 4.23. The molecule has 166 valence electrons. The SMILES string of the molecule is COC(=O)c1ccccc1Nc1ncnc(NNS(=O)(=O)c2ccc(C)cc2)c1[N+](=O)[O-]. The number of hydrogen-bond donors (Lipinski definition) is 3. The van der Waals surface area contributed by atoms with Gasteiger partial charge in [0.25, 0.3) is 10.0 Å². The minimum atomic E-state index is -4.04. The quantitative estimate of drug-likeness (QED) is 0.259. The summed E-state index contributed by atoms with van der Waals surface area (Å²) in [7, 11) is -2.83. The minimum absolute atomic E-state index is 0.0438. The van der Waals surface area contributed by atoms with Gasteiger partial charge in [0.05, 0.1) is 28.2 Å². The number of carbonyl (C=O) groups is 1. The van der Waals surface area contributed by atoms with Gasteiger partial charge in [-0.3, -0.25) is 15.5 Å². The fourth-order valence-electron chi connectivity index (χ4n) is 2.63. The van der Waals surface area contributed by atoms with Crippen LogP contribution in [0.25, 0.3) is 0 Å². The molecule has 32 heavy (non-hydrogen) atoms. The summed E-state index contributed by atoms with van der Waals surface area (Å²) in [4.78, 5) is 32.5. The van der Waals surface area contributed by atoms with Crippen molar-refractivity contribution >= 4 is 39.0 Å². The van der Waals surface area contributed by atoms with Crippen LogP contribution in [0, 0.1) is 17.0 Å². The summed E-state index contributed by atoms with van der Waals surface area (Å²) >= 11 is 0. The van der Waals surface area contributed by atoms with Gasteiger partial charge in [0.2, 0.25) is 11.6 Å². The van der Waals surface area contributed by atoms with E-state index in [4.69, 9.17) is 4.74 Å². The monoisotopic (exact) mass is 458 g/mol. The van der Waals surface area contributed by atoms with E-state index >= 15 is 0 Å². The van der Waals surface area contributed by atoms with Gasteiger partial charge in [-0.2, -0.15) is 0 Å². The van der Waals surface area contributed by atoms with Crippen molar-refractivity contribution in [2.24, 2.45) is 0 Å². The first kappa shape index (κ1) is 22.6. The zero-order valence-corrected chi connectivity index (χ0v) is 17.7. The Morgan fingerprint density at radius 3 is 2.38 bits per heavy atom. The summed E-state index contributed by atoms with van der Waals surface area (Å²) < 4.78 is 29.7. The van der Waals surface area contributed by atoms with E-state index in [1.807, 2.05) is 0 Å². The predicted octanol–water partition coefficient (Wildman–Crippen LogP) is 2.53. The summed E-state index contributed by atoms with van der Waals surface area (Å²) in [6, 6.07) is 12.2. The molecule has 3 N–H and O–H groups in total. The van der Waals surface area contributed by atoms with Gasteiger partial charge in [0.15, 0.2) is 0 Å². The highest BCUT2D eigenvalue weighted by molar-refractivity contribution is 7.89. The molecule has 0 radical (unpaired) electrons. The number of esters is 1. The molecule has 13 heteroatoms. The van der Waals surface area contributed by atoms with Crippen LogP contribution >= 0.6 is 0 Å².